The summed E-state index contributed by atoms with van der Waals surface area (Å²) in [5.74, 6) is 2.06. The highest BCUT2D eigenvalue weighted by atomic mass is 32.2. The number of anilines is 3. The summed E-state index contributed by atoms with van der Waals surface area (Å²) in [4.78, 5) is 12.7. The number of amides is 1. The smallest absolute Gasteiger partial charge is 0.234 e. The minimum absolute atomic E-state index is 0.168. The van der Waals surface area contributed by atoms with Gasteiger partial charge in [0, 0.05) is 22.5 Å². The number of aromatic nitrogens is 2. The molecule has 8 nitrogen and oxygen atoms in total. The number of hydrogen-bond acceptors (Lipinski definition) is 9. The van der Waals surface area contributed by atoms with Gasteiger partial charge in [0.05, 0.1) is 18.6 Å². The maximum Gasteiger partial charge on any atom is 0.234 e. The van der Waals surface area contributed by atoms with Gasteiger partial charge in [-0.15, -0.1) is 10.2 Å². The van der Waals surface area contributed by atoms with Gasteiger partial charge in [-0.3, -0.25) is 4.79 Å². The molecule has 0 aliphatic rings. The summed E-state index contributed by atoms with van der Waals surface area (Å²) in [7, 11) is 1.58. The van der Waals surface area contributed by atoms with Gasteiger partial charge in [0.2, 0.25) is 11.0 Å². The van der Waals surface area contributed by atoms with Crippen molar-refractivity contribution in [1.29, 1.82) is 0 Å². The lowest BCUT2D eigenvalue weighted by Gasteiger charge is -2.10. The van der Waals surface area contributed by atoms with Gasteiger partial charge in [0.1, 0.15) is 28.4 Å². The number of para-hydroxylation sites is 2. The van der Waals surface area contributed by atoms with Crippen LogP contribution in [0.25, 0.3) is 21.9 Å². The minimum atomic E-state index is -0.188. The van der Waals surface area contributed by atoms with Crippen molar-refractivity contribution in [3.05, 3.63) is 91.0 Å². The second-order valence-electron chi connectivity index (χ2n) is 8.42. The van der Waals surface area contributed by atoms with Gasteiger partial charge >= 0.3 is 0 Å². The van der Waals surface area contributed by atoms with Crippen LogP contribution >= 0.6 is 23.1 Å². The Labute approximate surface area is 232 Å². The number of carbonyl (C=O) groups excluding carboxylic acids is 1. The Morgan fingerprint density at radius 3 is 2.49 bits per heavy atom. The normalized spacial score (nSPS) is 11.0. The van der Waals surface area contributed by atoms with Crippen molar-refractivity contribution in [2.45, 2.75) is 4.34 Å². The van der Waals surface area contributed by atoms with E-state index in [0.717, 1.165) is 33.5 Å². The highest BCUT2D eigenvalue weighted by Crippen LogP contribution is 2.36. The molecule has 39 heavy (non-hydrogen) atoms. The van der Waals surface area contributed by atoms with Crippen LogP contribution in [0.3, 0.4) is 0 Å². The first-order valence-corrected chi connectivity index (χ1v) is 13.8. The first kappa shape index (κ1) is 24.8. The number of benzene rings is 4. The van der Waals surface area contributed by atoms with Gasteiger partial charge in [0.25, 0.3) is 0 Å². The Kier molecular flexibility index (Phi) is 7.03. The van der Waals surface area contributed by atoms with Crippen LogP contribution in [0.15, 0.2) is 99.8 Å². The zero-order valence-corrected chi connectivity index (χ0v) is 22.3. The summed E-state index contributed by atoms with van der Waals surface area (Å²) >= 11 is 2.69. The van der Waals surface area contributed by atoms with Gasteiger partial charge in [-0.2, -0.15) is 0 Å². The number of methoxy groups -OCH3 is 1. The van der Waals surface area contributed by atoms with Crippen LogP contribution in [0.2, 0.25) is 0 Å². The molecule has 2 aromatic heterocycles. The summed E-state index contributed by atoms with van der Waals surface area (Å²) in [6.07, 6.45) is 0. The van der Waals surface area contributed by atoms with Gasteiger partial charge in [-0.1, -0.05) is 59.5 Å². The first-order chi connectivity index (χ1) is 19.1. The second kappa shape index (κ2) is 11.1. The maximum absolute atomic E-state index is 12.7. The Hall–Kier alpha value is -4.54. The molecule has 6 rings (SSSR count). The van der Waals surface area contributed by atoms with Crippen molar-refractivity contribution < 1.29 is 18.7 Å². The number of nitrogens with zero attached hydrogens (tertiary/aromatic N) is 2. The standard InChI is InChI=1S/C29H22N4O4S2/c1-35-26-15-22-21-9-5-6-10-24(21)37-25(22)16-23(26)31-27(34)17-38-29-33-32-28(39-29)30-18-11-13-20(14-12-18)36-19-7-3-2-4-8-19/h2-16H,17H2,1H3,(H,30,32)(H,31,34). The third-order valence-corrected chi connectivity index (χ3v) is 7.76. The topological polar surface area (TPSA) is 98.5 Å². The van der Waals surface area contributed by atoms with Crippen molar-refractivity contribution in [1.82, 2.24) is 10.2 Å². The third-order valence-electron chi connectivity index (χ3n) is 5.79. The number of furan rings is 1. The van der Waals surface area contributed by atoms with Crippen molar-refractivity contribution in [3.8, 4) is 17.2 Å². The van der Waals surface area contributed by atoms with Crippen LogP contribution in [0.4, 0.5) is 16.5 Å². The van der Waals surface area contributed by atoms with Crippen molar-refractivity contribution in [3.63, 3.8) is 0 Å². The summed E-state index contributed by atoms with van der Waals surface area (Å²) < 4.78 is 18.0. The van der Waals surface area contributed by atoms with E-state index in [1.807, 2.05) is 84.9 Å². The predicted octanol–water partition coefficient (Wildman–Crippen LogP) is 7.71. The SMILES string of the molecule is COc1cc2c(cc1NC(=O)CSc1nnc(Nc3ccc(Oc4ccccc4)cc3)s1)oc1ccccc12. The molecule has 0 atom stereocenters. The number of ether oxygens (including phenoxy) is 2. The molecule has 2 heterocycles. The quantitative estimate of drug-likeness (QED) is 0.175. The monoisotopic (exact) mass is 554 g/mol. The molecule has 0 fully saturated rings. The molecule has 1 amide bonds. The van der Waals surface area contributed by atoms with E-state index in [4.69, 9.17) is 13.9 Å². The lowest BCUT2D eigenvalue weighted by Crippen LogP contribution is -2.14. The van der Waals surface area contributed by atoms with Crippen molar-refractivity contribution in [2.75, 3.05) is 23.5 Å². The fourth-order valence-corrected chi connectivity index (χ4v) is 5.58. The number of carbonyl (C=O) groups is 1. The number of nitrogens with one attached hydrogen (secondary N) is 2. The van der Waals surface area contributed by atoms with Crippen LogP contribution in [-0.2, 0) is 4.79 Å². The molecule has 0 saturated heterocycles. The van der Waals surface area contributed by atoms with Gasteiger partial charge in [0.15, 0.2) is 4.34 Å². The molecule has 2 N–H and O–H groups in total. The van der Waals surface area contributed by atoms with Crippen LogP contribution in [0.1, 0.15) is 0 Å². The van der Waals surface area contributed by atoms with E-state index in [2.05, 4.69) is 20.8 Å². The lowest BCUT2D eigenvalue weighted by molar-refractivity contribution is -0.113. The predicted molar refractivity (Wildman–Crippen MR) is 156 cm³/mol. The Morgan fingerprint density at radius 2 is 1.67 bits per heavy atom. The van der Waals surface area contributed by atoms with Gasteiger partial charge in [-0.05, 0) is 48.5 Å². The van der Waals surface area contributed by atoms with Crippen LogP contribution in [-0.4, -0.2) is 29.0 Å². The second-order valence-corrected chi connectivity index (χ2v) is 10.6. The van der Waals surface area contributed by atoms with E-state index >= 15 is 0 Å². The number of rotatable bonds is 9. The first-order valence-electron chi connectivity index (χ1n) is 12.0. The van der Waals surface area contributed by atoms with Gasteiger partial charge in [-0.25, -0.2) is 0 Å². The van der Waals surface area contributed by atoms with Crippen LogP contribution < -0.4 is 20.1 Å². The molecule has 0 bridgehead atoms. The molecule has 0 spiro atoms. The maximum atomic E-state index is 12.7. The highest BCUT2D eigenvalue weighted by Gasteiger charge is 2.15. The molecule has 194 valence electrons. The fourth-order valence-electron chi connectivity index (χ4n) is 4.00. The molecular formula is C29H22N4O4S2. The summed E-state index contributed by atoms with van der Waals surface area (Å²) in [5.41, 5.74) is 2.87. The molecule has 10 heteroatoms. The summed E-state index contributed by atoms with van der Waals surface area (Å²) in [5, 5.41) is 17.1. The number of fused-ring (bicyclic) bond motifs is 3. The zero-order valence-electron chi connectivity index (χ0n) is 20.7. The fraction of sp³-hybridized carbons (Fsp3) is 0.0690. The Bertz CT molecular complexity index is 1750. The summed E-state index contributed by atoms with van der Waals surface area (Å²) in [6.45, 7) is 0. The molecule has 0 radical (unpaired) electrons. The van der Waals surface area contributed by atoms with Crippen LogP contribution in [0.5, 0.6) is 17.2 Å². The molecule has 0 aliphatic heterocycles. The van der Waals surface area contributed by atoms with Crippen LogP contribution in [0, 0.1) is 0 Å². The van der Waals surface area contributed by atoms with E-state index in [1.165, 1.54) is 23.1 Å². The molecular weight excluding hydrogens is 532 g/mol. The van der Waals surface area contributed by atoms with E-state index in [0.29, 0.717) is 26.5 Å². The molecule has 4 aromatic carbocycles. The Morgan fingerprint density at radius 1 is 0.897 bits per heavy atom. The average Bonchev–Trinajstić information content (AvgIpc) is 3.56. The molecule has 6 aromatic rings. The van der Waals surface area contributed by atoms with Crippen molar-refractivity contribution >= 4 is 67.5 Å². The van der Waals surface area contributed by atoms with E-state index in [-0.39, 0.29) is 11.7 Å². The van der Waals surface area contributed by atoms with E-state index in [1.54, 1.807) is 13.2 Å². The molecule has 0 aliphatic carbocycles. The Balaban J connectivity index is 1.05. The number of thioether (sulfide) groups is 1. The van der Waals surface area contributed by atoms with Crippen molar-refractivity contribution in [2.24, 2.45) is 0 Å². The summed E-state index contributed by atoms with van der Waals surface area (Å²) in [6, 6.07) is 28.7. The van der Waals surface area contributed by atoms with E-state index < -0.39 is 0 Å². The third kappa shape index (κ3) is 5.66. The minimum Gasteiger partial charge on any atom is -0.495 e. The van der Waals surface area contributed by atoms with E-state index in [9.17, 15) is 4.79 Å². The average molecular weight is 555 g/mol. The lowest BCUT2D eigenvalue weighted by atomic mass is 10.1. The molecule has 0 unspecified atom stereocenters. The highest BCUT2D eigenvalue weighted by molar-refractivity contribution is 8.01. The zero-order chi connectivity index (χ0) is 26.6. The van der Waals surface area contributed by atoms with Gasteiger partial charge < -0.3 is 24.5 Å². The number of hydrogen-bond donors (Lipinski definition) is 2. The largest absolute Gasteiger partial charge is 0.495 e. The molecule has 0 saturated carbocycles.